The van der Waals surface area contributed by atoms with Crippen LogP contribution >= 0.6 is 15.9 Å². The molecule has 0 aliphatic heterocycles. The number of amides is 1. The molecule has 0 saturated carbocycles. The van der Waals surface area contributed by atoms with Gasteiger partial charge in [-0.3, -0.25) is 4.79 Å². The maximum Gasteiger partial charge on any atom is 0.343 e. The lowest BCUT2D eigenvalue weighted by Gasteiger charge is -2.08. The second-order valence-electron chi connectivity index (χ2n) is 6.48. The van der Waals surface area contributed by atoms with Crippen LogP contribution in [0.2, 0.25) is 0 Å². The van der Waals surface area contributed by atoms with E-state index in [1.165, 1.54) is 30.5 Å². The first-order valence-electron chi connectivity index (χ1n) is 9.19. The number of carbonyl (C=O) groups excluding carboxylic acids is 2. The third kappa shape index (κ3) is 6.75. The summed E-state index contributed by atoms with van der Waals surface area (Å²) in [5, 5.41) is 3.89. The Labute approximate surface area is 186 Å². The molecule has 3 aromatic carbocycles. The number of hydrazone groups is 1. The third-order valence-corrected chi connectivity index (χ3v) is 4.50. The van der Waals surface area contributed by atoms with Crippen molar-refractivity contribution in [3.05, 3.63) is 93.7 Å². The number of nitrogens with zero attached hydrogens (tertiary/aromatic N) is 1. The van der Waals surface area contributed by atoms with Gasteiger partial charge in [-0.15, -0.1) is 0 Å². The molecular formula is C23H18BrFN2O4. The summed E-state index contributed by atoms with van der Waals surface area (Å²) in [6.07, 6.45) is 1.36. The van der Waals surface area contributed by atoms with E-state index in [4.69, 9.17) is 9.47 Å². The van der Waals surface area contributed by atoms with E-state index in [1.54, 1.807) is 36.4 Å². The average Bonchev–Trinajstić information content (AvgIpc) is 2.75. The van der Waals surface area contributed by atoms with Gasteiger partial charge in [0.2, 0.25) is 0 Å². The van der Waals surface area contributed by atoms with Gasteiger partial charge < -0.3 is 9.47 Å². The number of hydrogen-bond acceptors (Lipinski definition) is 5. The standard InChI is InChI=1S/C23H18BrFN2O4/c1-15-3-2-4-16(11-15)23(29)31-21-10-5-18(24)12-17(21)13-26-27-22(28)14-30-20-8-6-19(25)7-9-20/h2-13H,14H2,1H3,(H,27,28). The molecule has 3 aromatic rings. The zero-order valence-electron chi connectivity index (χ0n) is 16.5. The van der Waals surface area contributed by atoms with Crippen molar-refractivity contribution in [1.82, 2.24) is 5.43 Å². The SMILES string of the molecule is Cc1cccc(C(=O)Oc2ccc(Br)cc2C=NNC(=O)COc2ccc(F)cc2)c1. The van der Waals surface area contributed by atoms with Gasteiger partial charge in [-0.1, -0.05) is 33.6 Å². The van der Waals surface area contributed by atoms with Crippen LogP contribution in [0.5, 0.6) is 11.5 Å². The summed E-state index contributed by atoms with van der Waals surface area (Å²) >= 11 is 3.36. The van der Waals surface area contributed by atoms with Gasteiger partial charge >= 0.3 is 5.97 Å². The molecule has 1 amide bonds. The van der Waals surface area contributed by atoms with E-state index >= 15 is 0 Å². The molecule has 0 radical (unpaired) electrons. The molecule has 0 bridgehead atoms. The fourth-order valence-electron chi connectivity index (χ4n) is 2.53. The number of aryl methyl sites for hydroxylation is 1. The predicted molar refractivity (Wildman–Crippen MR) is 118 cm³/mol. The lowest BCUT2D eigenvalue weighted by molar-refractivity contribution is -0.123. The highest BCUT2D eigenvalue weighted by Gasteiger charge is 2.12. The molecule has 0 fully saturated rings. The lowest BCUT2D eigenvalue weighted by Crippen LogP contribution is -2.24. The molecule has 0 atom stereocenters. The second-order valence-corrected chi connectivity index (χ2v) is 7.39. The van der Waals surface area contributed by atoms with E-state index in [0.29, 0.717) is 16.9 Å². The fourth-order valence-corrected chi connectivity index (χ4v) is 2.91. The summed E-state index contributed by atoms with van der Waals surface area (Å²) in [6.45, 7) is 1.59. The molecule has 0 aliphatic rings. The summed E-state index contributed by atoms with van der Waals surface area (Å²) in [6, 6.07) is 17.4. The van der Waals surface area contributed by atoms with Gasteiger partial charge in [-0.05, 0) is 61.5 Å². The zero-order chi connectivity index (χ0) is 22.2. The maximum atomic E-state index is 12.9. The Morgan fingerprint density at radius 2 is 1.87 bits per heavy atom. The van der Waals surface area contributed by atoms with Crippen molar-refractivity contribution in [3.63, 3.8) is 0 Å². The highest BCUT2D eigenvalue weighted by molar-refractivity contribution is 9.10. The minimum Gasteiger partial charge on any atom is -0.484 e. The monoisotopic (exact) mass is 484 g/mol. The highest BCUT2D eigenvalue weighted by atomic mass is 79.9. The van der Waals surface area contributed by atoms with E-state index in [9.17, 15) is 14.0 Å². The van der Waals surface area contributed by atoms with Crippen molar-refractivity contribution >= 4 is 34.0 Å². The van der Waals surface area contributed by atoms with E-state index < -0.39 is 17.7 Å². The number of esters is 1. The highest BCUT2D eigenvalue weighted by Crippen LogP contribution is 2.23. The fraction of sp³-hybridized carbons (Fsp3) is 0.0870. The molecular weight excluding hydrogens is 467 g/mol. The van der Waals surface area contributed by atoms with Crippen molar-refractivity contribution in [2.75, 3.05) is 6.61 Å². The molecule has 0 saturated heterocycles. The number of rotatable bonds is 7. The molecule has 1 N–H and O–H groups in total. The Balaban J connectivity index is 1.61. The predicted octanol–water partition coefficient (Wildman–Crippen LogP) is 4.64. The Kier molecular flexibility index (Phi) is 7.50. The number of halogens is 2. The van der Waals surface area contributed by atoms with Crippen LogP contribution in [-0.4, -0.2) is 24.7 Å². The van der Waals surface area contributed by atoms with Crippen LogP contribution in [0.4, 0.5) is 4.39 Å². The maximum absolute atomic E-state index is 12.9. The molecule has 0 unspecified atom stereocenters. The van der Waals surface area contributed by atoms with Gasteiger partial charge in [-0.2, -0.15) is 5.10 Å². The molecule has 6 nitrogen and oxygen atoms in total. The summed E-state index contributed by atoms with van der Waals surface area (Å²) in [5.74, 6) is -0.756. The van der Waals surface area contributed by atoms with Gasteiger partial charge in [0.25, 0.3) is 5.91 Å². The normalized spacial score (nSPS) is 10.7. The van der Waals surface area contributed by atoms with Crippen molar-refractivity contribution in [3.8, 4) is 11.5 Å². The Morgan fingerprint density at radius 1 is 1.10 bits per heavy atom. The molecule has 0 heterocycles. The first kappa shape index (κ1) is 22.2. The van der Waals surface area contributed by atoms with E-state index in [1.807, 2.05) is 13.0 Å². The van der Waals surface area contributed by atoms with Crippen LogP contribution in [0.15, 0.2) is 76.3 Å². The molecule has 0 aromatic heterocycles. The van der Waals surface area contributed by atoms with Crippen molar-refractivity contribution in [1.29, 1.82) is 0 Å². The Morgan fingerprint density at radius 3 is 2.61 bits per heavy atom. The Bertz CT molecular complexity index is 1120. The summed E-state index contributed by atoms with van der Waals surface area (Å²) in [4.78, 5) is 24.3. The van der Waals surface area contributed by atoms with Gasteiger partial charge in [-0.25, -0.2) is 14.6 Å². The average molecular weight is 485 g/mol. The molecule has 31 heavy (non-hydrogen) atoms. The molecule has 0 spiro atoms. The largest absolute Gasteiger partial charge is 0.484 e. The topological polar surface area (TPSA) is 77.0 Å². The van der Waals surface area contributed by atoms with E-state index in [2.05, 4.69) is 26.5 Å². The minimum absolute atomic E-state index is 0.287. The first-order chi connectivity index (χ1) is 14.9. The Hall–Kier alpha value is -3.52. The summed E-state index contributed by atoms with van der Waals surface area (Å²) in [7, 11) is 0. The van der Waals surface area contributed by atoms with Crippen LogP contribution < -0.4 is 14.9 Å². The minimum atomic E-state index is -0.506. The number of carbonyl (C=O) groups is 2. The molecule has 3 rings (SSSR count). The number of nitrogens with one attached hydrogen (secondary N) is 1. The summed E-state index contributed by atoms with van der Waals surface area (Å²) in [5.41, 5.74) is 4.18. The summed E-state index contributed by atoms with van der Waals surface area (Å²) < 4.78 is 24.4. The van der Waals surface area contributed by atoms with Crippen LogP contribution in [0.25, 0.3) is 0 Å². The first-order valence-corrected chi connectivity index (χ1v) is 9.99. The van der Waals surface area contributed by atoms with Crippen molar-refractivity contribution in [2.45, 2.75) is 6.92 Å². The molecule has 8 heteroatoms. The number of hydrogen-bond donors (Lipinski definition) is 1. The smallest absolute Gasteiger partial charge is 0.343 e. The number of ether oxygens (including phenoxy) is 2. The van der Waals surface area contributed by atoms with Crippen molar-refractivity contribution < 1.29 is 23.5 Å². The van der Waals surface area contributed by atoms with Crippen LogP contribution in [0.3, 0.4) is 0 Å². The zero-order valence-corrected chi connectivity index (χ0v) is 18.1. The molecule has 0 aliphatic carbocycles. The lowest BCUT2D eigenvalue weighted by atomic mass is 10.1. The quantitative estimate of drug-likeness (QED) is 0.229. The van der Waals surface area contributed by atoms with E-state index in [-0.39, 0.29) is 12.4 Å². The van der Waals surface area contributed by atoms with Crippen molar-refractivity contribution in [2.24, 2.45) is 5.10 Å². The van der Waals surface area contributed by atoms with Crippen LogP contribution in [-0.2, 0) is 4.79 Å². The van der Waals surface area contributed by atoms with Gasteiger partial charge in [0.1, 0.15) is 17.3 Å². The van der Waals surface area contributed by atoms with Crippen LogP contribution in [0.1, 0.15) is 21.5 Å². The van der Waals surface area contributed by atoms with Crippen LogP contribution in [0, 0.1) is 12.7 Å². The third-order valence-electron chi connectivity index (χ3n) is 4.00. The van der Waals surface area contributed by atoms with E-state index in [0.717, 1.165) is 10.0 Å². The van der Waals surface area contributed by atoms with Gasteiger partial charge in [0.05, 0.1) is 11.8 Å². The molecule has 158 valence electrons. The second kappa shape index (κ2) is 10.5. The number of benzene rings is 3. The van der Waals surface area contributed by atoms with Gasteiger partial charge in [0.15, 0.2) is 6.61 Å². The van der Waals surface area contributed by atoms with Gasteiger partial charge in [0, 0.05) is 10.0 Å².